The molecule has 0 spiro atoms. The number of rotatable bonds is 5. The van der Waals surface area contributed by atoms with Crippen molar-refractivity contribution in [3.05, 3.63) is 64.7 Å². The summed E-state index contributed by atoms with van der Waals surface area (Å²) in [5, 5.41) is 3.41. The van der Waals surface area contributed by atoms with Crippen LogP contribution in [0.5, 0.6) is 5.75 Å². The molecule has 3 aliphatic rings. The third-order valence-electron chi connectivity index (χ3n) is 6.95. The molecule has 33 heavy (non-hydrogen) atoms. The molecule has 2 aromatic carbocycles. The second-order valence-corrected chi connectivity index (χ2v) is 9.01. The lowest BCUT2D eigenvalue weighted by Gasteiger charge is -2.29. The highest BCUT2D eigenvalue weighted by Crippen LogP contribution is 2.34. The Morgan fingerprint density at radius 1 is 0.970 bits per heavy atom. The summed E-state index contributed by atoms with van der Waals surface area (Å²) in [6.07, 6.45) is 3.05. The van der Waals surface area contributed by atoms with Crippen LogP contribution in [0.15, 0.2) is 42.5 Å². The van der Waals surface area contributed by atoms with Crippen LogP contribution in [0.1, 0.15) is 65.1 Å². The Hall–Kier alpha value is -2.70. The number of Topliss-reactive ketones (excluding diaryl/α,β-unsaturated/α-hetero) is 2. The first-order chi connectivity index (χ1) is 15.6. The third kappa shape index (κ3) is 4.82. The largest absolute Gasteiger partial charge is 0.489 e. The van der Waals surface area contributed by atoms with Crippen LogP contribution >= 0.6 is 12.4 Å². The molecule has 6 nitrogen and oxygen atoms in total. The van der Waals surface area contributed by atoms with Gasteiger partial charge in [-0.3, -0.25) is 14.4 Å². The summed E-state index contributed by atoms with van der Waals surface area (Å²) in [5.41, 5.74) is 3.89. The van der Waals surface area contributed by atoms with Crippen LogP contribution in [0, 0.1) is 0 Å². The Balaban J connectivity index is 0.00000259. The topological polar surface area (TPSA) is 75.7 Å². The Morgan fingerprint density at radius 3 is 2.45 bits per heavy atom. The molecular formula is C26H29ClN2O4. The van der Waals surface area contributed by atoms with E-state index in [4.69, 9.17) is 4.74 Å². The first-order valence-corrected chi connectivity index (χ1v) is 11.5. The van der Waals surface area contributed by atoms with Gasteiger partial charge in [0.1, 0.15) is 18.1 Å². The monoisotopic (exact) mass is 468 g/mol. The van der Waals surface area contributed by atoms with Crippen LogP contribution in [-0.2, 0) is 22.7 Å². The minimum Gasteiger partial charge on any atom is -0.489 e. The number of hydrogen-bond acceptors (Lipinski definition) is 5. The van der Waals surface area contributed by atoms with Crippen LogP contribution < -0.4 is 10.1 Å². The number of piperidine rings is 1. The van der Waals surface area contributed by atoms with Crippen molar-refractivity contribution in [2.24, 2.45) is 0 Å². The van der Waals surface area contributed by atoms with Gasteiger partial charge in [0.05, 0.1) is 19.0 Å². The van der Waals surface area contributed by atoms with E-state index in [0.717, 1.165) is 24.2 Å². The molecule has 1 saturated carbocycles. The summed E-state index contributed by atoms with van der Waals surface area (Å²) in [6, 6.07) is 13.6. The summed E-state index contributed by atoms with van der Waals surface area (Å²) >= 11 is 0. The first-order valence-electron chi connectivity index (χ1n) is 11.5. The zero-order valence-corrected chi connectivity index (χ0v) is 19.4. The molecular weight excluding hydrogens is 440 g/mol. The lowest BCUT2D eigenvalue weighted by molar-refractivity contribution is -0.133. The van der Waals surface area contributed by atoms with E-state index < -0.39 is 6.04 Å². The van der Waals surface area contributed by atoms with E-state index in [1.54, 1.807) is 11.0 Å². The zero-order valence-electron chi connectivity index (χ0n) is 18.5. The molecule has 2 aromatic rings. The standard InChI is InChI=1S/C26H28N2O4.ClH/c29-20-8-9-23(24(30)14-20)28-15-22-21(26(28)31)2-1-3-25(22)32-16-17-4-6-18(7-5-17)19-10-12-27-13-11-19;/h1-7,19,23,27H,8-16H2;1H. The average Bonchev–Trinajstić information content (AvgIpc) is 3.15. The summed E-state index contributed by atoms with van der Waals surface area (Å²) in [7, 11) is 0. The molecule has 1 unspecified atom stereocenters. The number of carbonyl (C=O) groups excluding carboxylic acids is 3. The van der Waals surface area contributed by atoms with Gasteiger partial charge in [0.15, 0.2) is 5.78 Å². The molecule has 1 aliphatic carbocycles. The average molecular weight is 469 g/mol. The maximum Gasteiger partial charge on any atom is 0.255 e. The number of nitrogens with one attached hydrogen (secondary N) is 1. The number of hydrogen-bond donors (Lipinski definition) is 1. The fraction of sp³-hybridized carbons (Fsp3) is 0.423. The van der Waals surface area contributed by atoms with Crippen LogP contribution in [0.25, 0.3) is 0 Å². The first kappa shape index (κ1) is 23.5. The normalized spacial score (nSPS) is 21.0. The number of fused-ring (bicyclic) bond motifs is 1. The predicted octanol–water partition coefficient (Wildman–Crippen LogP) is 3.80. The van der Waals surface area contributed by atoms with Gasteiger partial charge in [-0.25, -0.2) is 0 Å². The van der Waals surface area contributed by atoms with Crippen molar-refractivity contribution in [3.8, 4) is 5.75 Å². The summed E-state index contributed by atoms with van der Waals surface area (Å²) in [5.74, 6) is 0.965. The highest BCUT2D eigenvalue weighted by atomic mass is 35.5. The molecule has 2 heterocycles. The third-order valence-corrected chi connectivity index (χ3v) is 6.95. The fourth-order valence-corrected chi connectivity index (χ4v) is 5.10. The van der Waals surface area contributed by atoms with Gasteiger partial charge < -0.3 is 15.0 Å². The summed E-state index contributed by atoms with van der Waals surface area (Å²) in [6.45, 7) is 2.93. The molecule has 7 heteroatoms. The van der Waals surface area contributed by atoms with E-state index >= 15 is 0 Å². The number of ketones is 2. The molecule has 174 valence electrons. The minimum absolute atomic E-state index is 0. The Labute approximate surface area is 200 Å². The molecule has 2 fully saturated rings. The number of amides is 1. The van der Waals surface area contributed by atoms with Gasteiger partial charge in [0.25, 0.3) is 5.91 Å². The van der Waals surface area contributed by atoms with Crippen molar-refractivity contribution in [3.63, 3.8) is 0 Å². The van der Waals surface area contributed by atoms with Crippen molar-refractivity contribution >= 4 is 29.9 Å². The van der Waals surface area contributed by atoms with Crippen molar-refractivity contribution in [2.75, 3.05) is 13.1 Å². The summed E-state index contributed by atoms with van der Waals surface area (Å²) in [4.78, 5) is 38.5. The van der Waals surface area contributed by atoms with Crippen molar-refractivity contribution in [1.29, 1.82) is 0 Å². The van der Waals surface area contributed by atoms with Gasteiger partial charge in [-0.15, -0.1) is 12.4 Å². The quantitative estimate of drug-likeness (QED) is 0.675. The highest BCUT2D eigenvalue weighted by molar-refractivity contribution is 6.07. The van der Waals surface area contributed by atoms with Gasteiger partial charge in [0.2, 0.25) is 0 Å². The number of ether oxygens (including phenoxy) is 1. The zero-order chi connectivity index (χ0) is 22.1. The van der Waals surface area contributed by atoms with Gasteiger partial charge in [-0.1, -0.05) is 30.3 Å². The number of halogens is 1. The van der Waals surface area contributed by atoms with Gasteiger partial charge in [-0.05, 0) is 61.5 Å². The molecule has 2 aliphatic heterocycles. The van der Waals surface area contributed by atoms with E-state index in [1.807, 2.05) is 12.1 Å². The number of benzene rings is 2. The summed E-state index contributed by atoms with van der Waals surface area (Å²) < 4.78 is 6.12. The van der Waals surface area contributed by atoms with Crippen LogP contribution in [0.3, 0.4) is 0 Å². The van der Waals surface area contributed by atoms with Crippen LogP contribution in [0.2, 0.25) is 0 Å². The number of nitrogens with zero attached hydrogens (tertiary/aromatic N) is 1. The van der Waals surface area contributed by atoms with Crippen molar-refractivity contribution < 1.29 is 19.1 Å². The smallest absolute Gasteiger partial charge is 0.255 e. The van der Waals surface area contributed by atoms with E-state index in [-0.39, 0.29) is 36.3 Å². The lowest BCUT2D eigenvalue weighted by atomic mass is 9.90. The van der Waals surface area contributed by atoms with Crippen LogP contribution in [0.4, 0.5) is 0 Å². The second-order valence-electron chi connectivity index (χ2n) is 9.01. The molecule has 1 amide bonds. The predicted molar refractivity (Wildman–Crippen MR) is 127 cm³/mol. The van der Waals surface area contributed by atoms with E-state index in [2.05, 4.69) is 29.6 Å². The molecule has 1 atom stereocenters. The lowest BCUT2D eigenvalue weighted by Crippen LogP contribution is -2.44. The van der Waals surface area contributed by atoms with Crippen molar-refractivity contribution in [2.45, 2.75) is 57.2 Å². The maximum atomic E-state index is 13.0. The SMILES string of the molecule is Cl.O=C1CCC(N2Cc3c(OCc4ccc(C5CCNCC5)cc4)cccc3C2=O)C(=O)C1. The molecule has 1 N–H and O–H groups in total. The molecule has 0 radical (unpaired) electrons. The minimum atomic E-state index is -0.511. The fourth-order valence-electron chi connectivity index (χ4n) is 5.10. The molecule has 0 aromatic heterocycles. The molecule has 0 bridgehead atoms. The van der Waals surface area contributed by atoms with E-state index in [9.17, 15) is 14.4 Å². The second kappa shape index (κ2) is 10.1. The molecule has 5 rings (SSSR count). The highest BCUT2D eigenvalue weighted by Gasteiger charge is 2.39. The van der Waals surface area contributed by atoms with Crippen LogP contribution in [-0.4, -0.2) is 41.5 Å². The van der Waals surface area contributed by atoms with E-state index in [1.165, 1.54) is 18.4 Å². The van der Waals surface area contributed by atoms with Gasteiger partial charge in [-0.2, -0.15) is 0 Å². The van der Waals surface area contributed by atoms with Crippen molar-refractivity contribution in [1.82, 2.24) is 10.2 Å². The number of carbonyl (C=O) groups is 3. The Morgan fingerprint density at radius 2 is 1.73 bits per heavy atom. The molecule has 1 saturated heterocycles. The maximum absolute atomic E-state index is 13.0. The Kier molecular flexibility index (Phi) is 7.15. The van der Waals surface area contributed by atoms with Gasteiger partial charge >= 0.3 is 0 Å². The van der Waals surface area contributed by atoms with E-state index in [0.29, 0.717) is 43.2 Å². The Bertz CT molecular complexity index is 1050. The van der Waals surface area contributed by atoms with Gasteiger partial charge in [0, 0.05) is 17.5 Å².